The third-order valence-corrected chi connectivity index (χ3v) is 4.47. The van der Waals surface area contributed by atoms with Gasteiger partial charge in [-0.1, -0.05) is 36.4 Å². The lowest BCUT2D eigenvalue weighted by Crippen LogP contribution is -2.37. The molecule has 6 heteroatoms. The van der Waals surface area contributed by atoms with Crippen LogP contribution in [0.25, 0.3) is 0 Å². The van der Waals surface area contributed by atoms with Crippen molar-refractivity contribution in [1.82, 2.24) is 15.2 Å². The van der Waals surface area contributed by atoms with Crippen molar-refractivity contribution in [3.05, 3.63) is 66.0 Å². The standard InChI is InChI=1S/C19H21N3O3/c23-18(21-10-15-8-4-5-9-20-15)16-12-22(13-17(16)19(24)25)11-14-6-2-1-3-7-14/h1-9,16-17H,10-13H2,(H,21,23)(H,24,25)/t16-,17+/m0/s1. The van der Waals surface area contributed by atoms with Crippen LogP contribution in [-0.4, -0.2) is 40.0 Å². The van der Waals surface area contributed by atoms with Gasteiger partial charge in [-0.05, 0) is 17.7 Å². The zero-order valence-electron chi connectivity index (χ0n) is 13.8. The number of carboxylic acids is 1. The normalized spacial score (nSPS) is 20.3. The predicted molar refractivity (Wildman–Crippen MR) is 92.4 cm³/mol. The van der Waals surface area contributed by atoms with E-state index in [9.17, 15) is 14.7 Å². The fourth-order valence-electron chi connectivity index (χ4n) is 3.18. The topological polar surface area (TPSA) is 82.5 Å². The van der Waals surface area contributed by atoms with Gasteiger partial charge in [-0.3, -0.25) is 19.5 Å². The summed E-state index contributed by atoms with van der Waals surface area (Å²) < 4.78 is 0. The highest BCUT2D eigenvalue weighted by Gasteiger charge is 2.41. The van der Waals surface area contributed by atoms with Crippen LogP contribution in [-0.2, 0) is 22.7 Å². The largest absolute Gasteiger partial charge is 0.481 e. The number of carbonyl (C=O) groups excluding carboxylic acids is 1. The van der Waals surface area contributed by atoms with E-state index < -0.39 is 17.8 Å². The summed E-state index contributed by atoms with van der Waals surface area (Å²) in [6.45, 7) is 1.78. The summed E-state index contributed by atoms with van der Waals surface area (Å²) in [6.07, 6.45) is 1.67. The molecule has 3 rings (SSSR count). The molecule has 1 aliphatic rings. The molecule has 25 heavy (non-hydrogen) atoms. The molecule has 130 valence electrons. The first kappa shape index (κ1) is 17.1. The highest BCUT2D eigenvalue weighted by atomic mass is 16.4. The number of carbonyl (C=O) groups is 2. The summed E-state index contributed by atoms with van der Waals surface area (Å²) in [5, 5.41) is 12.3. The second-order valence-electron chi connectivity index (χ2n) is 6.27. The summed E-state index contributed by atoms with van der Waals surface area (Å²) >= 11 is 0. The Morgan fingerprint density at radius 2 is 1.80 bits per heavy atom. The van der Waals surface area contributed by atoms with E-state index in [1.807, 2.05) is 53.4 Å². The number of aliphatic carboxylic acids is 1. The number of nitrogens with zero attached hydrogens (tertiary/aromatic N) is 2. The third-order valence-electron chi connectivity index (χ3n) is 4.47. The highest BCUT2D eigenvalue weighted by molar-refractivity contribution is 5.85. The number of benzene rings is 1. The number of rotatable bonds is 6. The van der Waals surface area contributed by atoms with Crippen molar-refractivity contribution in [2.45, 2.75) is 13.1 Å². The van der Waals surface area contributed by atoms with Crippen molar-refractivity contribution >= 4 is 11.9 Å². The lowest BCUT2D eigenvalue weighted by atomic mass is 9.95. The molecule has 2 aromatic rings. The Hall–Kier alpha value is -2.73. The van der Waals surface area contributed by atoms with Gasteiger partial charge in [0.2, 0.25) is 5.91 Å². The first-order valence-corrected chi connectivity index (χ1v) is 8.30. The Morgan fingerprint density at radius 3 is 2.48 bits per heavy atom. The van der Waals surface area contributed by atoms with E-state index in [0.717, 1.165) is 11.3 Å². The zero-order valence-corrected chi connectivity index (χ0v) is 13.8. The monoisotopic (exact) mass is 339 g/mol. The van der Waals surface area contributed by atoms with E-state index in [1.165, 1.54) is 0 Å². The smallest absolute Gasteiger partial charge is 0.308 e. The second kappa shape index (κ2) is 7.90. The van der Waals surface area contributed by atoms with Crippen molar-refractivity contribution in [2.24, 2.45) is 11.8 Å². The predicted octanol–water partition coefficient (Wildman–Crippen LogP) is 1.53. The Labute approximate surface area is 146 Å². The van der Waals surface area contributed by atoms with Crippen LogP contribution in [0.4, 0.5) is 0 Å². The van der Waals surface area contributed by atoms with E-state index in [0.29, 0.717) is 26.2 Å². The van der Waals surface area contributed by atoms with E-state index in [2.05, 4.69) is 10.3 Å². The quantitative estimate of drug-likeness (QED) is 0.834. The SMILES string of the molecule is O=C(NCc1ccccn1)[C@H]1CN(Cc2ccccc2)C[C@H]1C(=O)O. The number of carboxylic acid groups (broad SMARTS) is 1. The van der Waals surface area contributed by atoms with Crippen LogP contribution in [0.1, 0.15) is 11.3 Å². The van der Waals surface area contributed by atoms with E-state index >= 15 is 0 Å². The van der Waals surface area contributed by atoms with Crippen molar-refractivity contribution < 1.29 is 14.7 Å². The molecule has 0 bridgehead atoms. The van der Waals surface area contributed by atoms with Crippen molar-refractivity contribution in [3.63, 3.8) is 0 Å². The fraction of sp³-hybridized carbons (Fsp3) is 0.316. The van der Waals surface area contributed by atoms with Gasteiger partial charge in [0, 0.05) is 25.8 Å². The molecule has 1 amide bonds. The van der Waals surface area contributed by atoms with Crippen molar-refractivity contribution in [3.8, 4) is 0 Å². The molecule has 0 aliphatic carbocycles. The number of likely N-dealkylation sites (tertiary alicyclic amines) is 1. The second-order valence-corrected chi connectivity index (χ2v) is 6.27. The van der Waals surface area contributed by atoms with Crippen LogP contribution in [0, 0.1) is 11.8 Å². The summed E-state index contributed by atoms with van der Waals surface area (Å²) in [5.74, 6) is -2.39. The molecule has 2 heterocycles. The van der Waals surface area contributed by atoms with Crippen LogP contribution in [0.2, 0.25) is 0 Å². The van der Waals surface area contributed by atoms with Gasteiger partial charge < -0.3 is 10.4 Å². The van der Waals surface area contributed by atoms with Gasteiger partial charge in [0.15, 0.2) is 0 Å². The lowest BCUT2D eigenvalue weighted by Gasteiger charge is -2.16. The summed E-state index contributed by atoms with van der Waals surface area (Å²) in [4.78, 5) is 30.3. The van der Waals surface area contributed by atoms with Gasteiger partial charge in [0.05, 0.1) is 24.1 Å². The van der Waals surface area contributed by atoms with Crippen LogP contribution >= 0.6 is 0 Å². The molecule has 6 nitrogen and oxygen atoms in total. The number of hydrogen-bond acceptors (Lipinski definition) is 4. The average Bonchev–Trinajstić information content (AvgIpc) is 3.06. The Balaban J connectivity index is 1.62. The molecular weight excluding hydrogens is 318 g/mol. The molecule has 0 unspecified atom stereocenters. The Morgan fingerprint density at radius 1 is 1.08 bits per heavy atom. The van der Waals surface area contributed by atoms with Gasteiger partial charge in [0.25, 0.3) is 0 Å². The molecule has 0 spiro atoms. The Bertz CT molecular complexity index is 721. The molecule has 2 atom stereocenters. The van der Waals surface area contributed by atoms with Crippen LogP contribution in [0.3, 0.4) is 0 Å². The molecule has 1 fully saturated rings. The maximum Gasteiger partial charge on any atom is 0.308 e. The molecule has 1 aromatic carbocycles. The minimum atomic E-state index is -0.923. The van der Waals surface area contributed by atoms with E-state index in [4.69, 9.17) is 0 Å². The number of aromatic nitrogens is 1. The fourth-order valence-corrected chi connectivity index (χ4v) is 3.18. The van der Waals surface area contributed by atoms with E-state index in [1.54, 1.807) is 6.20 Å². The molecule has 0 radical (unpaired) electrons. The molecule has 2 N–H and O–H groups in total. The first-order valence-electron chi connectivity index (χ1n) is 8.30. The average molecular weight is 339 g/mol. The zero-order chi connectivity index (χ0) is 17.6. The highest BCUT2D eigenvalue weighted by Crippen LogP contribution is 2.25. The van der Waals surface area contributed by atoms with Crippen LogP contribution in [0.5, 0.6) is 0 Å². The summed E-state index contributed by atoms with van der Waals surface area (Å²) in [5.41, 5.74) is 1.86. The van der Waals surface area contributed by atoms with E-state index in [-0.39, 0.29) is 5.91 Å². The number of amides is 1. The van der Waals surface area contributed by atoms with Gasteiger partial charge in [0.1, 0.15) is 0 Å². The summed E-state index contributed by atoms with van der Waals surface area (Å²) in [7, 11) is 0. The van der Waals surface area contributed by atoms with Crippen LogP contribution < -0.4 is 5.32 Å². The maximum absolute atomic E-state index is 12.5. The maximum atomic E-state index is 12.5. The number of pyridine rings is 1. The van der Waals surface area contributed by atoms with Gasteiger partial charge in [-0.25, -0.2) is 0 Å². The first-order chi connectivity index (χ1) is 12.1. The Kier molecular flexibility index (Phi) is 5.40. The molecular formula is C19H21N3O3. The lowest BCUT2D eigenvalue weighted by molar-refractivity contribution is -0.145. The number of hydrogen-bond donors (Lipinski definition) is 2. The number of nitrogens with one attached hydrogen (secondary N) is 1. The van der Waals surface area contributed by atoms with Crippen molar-refractivity contribution in [1.29, 1.82) is 0 Å². The van der Waals surface area contributed by atoms with Crippen LogP contribution in [0.15, 0.2) is 54.7 Å². The molecule has 0 saturated carbocycles. The molecule has 1 aromatic heterocycles. The molecule has 1 saturated heterocycles. The molecule has 1 aliphatic heterocycles. The minimum absolute atomic E-state index is 0.228. The van der Waals surface area contributed by atoms with Crippen molar-refractivity contribution in [2.75, 3.05) is 13.1 Å². The van der Waals surface area contributed by atoms with Gasteiger partial charge >= 0.3 is 5.97 Å². The minimum Gasteiger partial charge on any atom is -0.481 e. The third kappa shape index (κ3) is 4.42. The summed E-state index contributed by atoms with van der Waals surface area (Å²) in [6, 6.07) is 15.4. The van der Waals surface area contributed by atoms with Gasteiger partial charge in [-0.2, -0.15) is 0 Å². The van der Waals surface area contributed by atoms with Gasteiger partial charge in [-0.15, -0.1) is 0 Å².